The Morgan fingerprint density at radius 2 is 1.86 bits per heavy atom. The molecule has 2 aromatic rings. The molecule has 8 nitrogen and oxygen atoms in total. The SMILES string of the molecule is COC(=O)c1c(NC(=O)C(=O)NN=Cc2ccc(N(C)C)cc2)sc2c1CCC2. The van der Waals surface area contributed by atoms with Crippen molar-refractivity contribution < 1.29 is 19.1 Å². The quantitative estimate of drug-likeness (QED) is 0.338. The molecule has 152 valence electrons. The summed E-state index contributed by atoms with van der Waals surface area (Å²) in [7, 11) is 5.17. The van der Waals surface area contributed by atoms with Crippen molar-refractivity contribution in [3.63, 3.8) is 0 Å². The lowest BCUT2D eigenvalue weighted by Crippen LogP contribution is -2.32. The van der Waals surface area contributed by atoms with Crippen LogP contribution in [-0.4, -0.2) is 45.2 Å². The van der Waals surface area contributed by atoms with Gasteiger partial charge in [-0.15, -0.1) is 11.3 Å². The number of nitrogens with one attached hydrogen (secondary N) is 2. The van der Waals surface area contributed by atoms with Crippen molar-refractivity contribution >= 4 is 46.0 Å². The maximum absolute atomic E-state index is 12.2. The van der Waals surface area contributed by atoms with E-state index in [0.29, 0.717) is 10.6 Å². The largest absolute Gasteiger partial charge is 0.465 e. The number of ether oxygens (including phenoxy) is 1. The lowest BCUT2D eigenvalue weighted by atomic mass is 10.1. The summed E-state index contributed by atoms with van der Waals surface area (Å²) in [6.07, 6.45) is 4.02. The third kappa shape index (κ3) is 4.62. The monoisotopic (exact) mass is 414 g/mol. The molecule has 1 heterocycles. The molecule has 0 radical (unpaired) electrons. The van der Waals surface area contributed by atoms with Crippen molar-refractivity contribution in [2.75, 3.05) is 31.4 Å². The van der Waals surface area contributed by atoms with E-state index in [1.807, 2.05) is 43.3 Å². The molecule has 1 aliphatic carbocycles. The maximum atomic E-state index is 12.2. The number of methoxy groups -OCH3 is 1. The number of carbonyl (C=O) groups is 3. The summed E-state index contributed by atoms with van der Waals surface area (Å²) < 4.78 is 4.83. The van der Waals surface area contributed by atoms with E-state index in [1.54, 1.807) is 0 Å². The van der Waals surface area contributed by atoms with Gasteiger partial charge in [0.2, 0.25) is 0 Å². The molecular formula is C20H22N4O4S. The van der Waals surface area contributed by atoms with Gasteiger partial charge in [0, 0.05) is 24.7 Å². The number of fused-ring (bicyclic) bond motifs is 1. The Morgan fingerprint density at radius 1 is 1.14 bits per heavy atom. The van der Waals surface area contributed by atoms with Crippen molar-refractivity contribution in [3.05, 3.63) is 45.8 Å². The zero-order valence-corrected chi connectivity index (χ0v) is 17.3. The molecule has 0 saturated carbocycles. The predicted molar refractivity (Wildman–Crippen MR) is 113 cm³/mol. The van der Waals surface area contributed by atoms with E-state index in [1.165, 1.54) is 24.7 Å². The molecule has 3 rings (SSSR count). The average molecular weight is 414 g/mol. The highest BCUT2D eigenvalue weighted by atomic mass is 32.1. The van der Waals surface area contributed by atoms with E-state index in [-0.39, 0.29) is 0 Å². The van der Waals surface area contributed by atoms with Crippen LogP contribution in [0.5, 0.6) is 0 Å². The standard InChI is InChI=1S/C20H22N4O4S/c1-24(2)13-9-7-12(8-10-13)11-21-23-18(26)17(25)22-19-16(20(27)28-3)14-5-4-6-15(14)29-19/h7-11H,4-6H2,1-3H3,(H,22,25)(H,23,26). The molecule has 0 spiro atoms. The number of hydrogen-bond acceptors (Lipinski definition) is 7. The van der Waals surface area contributed by atoms with E-state index in [9.17, 15) is 14.4 Å². The average Bonchev–Trinajstić information content (AvgIpc) is 3.28. The van der Waals surface area contributed by atoms with Gasteiger partial charge in [-0.1, -0.05) is 12.1 Å². The Labute approximate surface area is 172 Å². The Morgan fingerprint density at radius 3 is 2.52 bits per heavy atom. The van der Waals surface area contributed by atoms with Crippen molar-refractivity contribution in [1.29, 1.82) is 0 Å². The van der Waals surface area contributed by atoms with Crippen LogP contribution >= 0.6 is 11.3 Å². The minimum atomic E-state index is -0.921. The summed E-state index contributed by atoms with van der Waals surface area (Å²) in [5, 5.41) is 6.66. The van der Waals surface area contributed by atoms with E-state index in [2.05, 4.69) is 15.8 Å². The molecule has 1 aromatic carbocycles. The summed E-state index contributed by atoms with van der Waals surface area (Å²) in [4.78, 5) is 39.4. The number of esters is 1. The second kappa shape index (κ2) is 8.87. The van der Waals surface area contributed by atoms with Crippen molar-refractivity contribution in [2.45, 2.75) is 19.3 Å². The zero-order chi connectivity index (χ0) is 21.0. The topological polar surface area (TPSA) is 100 Å². The molecular weight excluding hydrogens is 392 g/mol. The molecule has 29 heavy (non-hydrogen) atoms. The number of nitrogens with zero attached hydrogens (tertiary/aromatic N) is 2. The molecule has 2 amide bonds. The molecule has 2 N–H and O–H groups in total. The van der Waals surface area contributed by atoms with Gasteiger partial charge in [-0.2, -0.15) is 5.10 Å². The van der Waals surface area contributed by atoms with Gasteiger partial charge < -0.3 is 15.0 Å². The maximum Gasteiger partial charge on any atom is 0.341 e. The molecule has 0 unspecified atom stereocenters. The number of hydrazone groups is 1. The first kappa shape index (κ1) is 20.5. The molecule has 0 aliphatic heterocycles. The molecule has 9 heteroatoms. The van der Waals surface area contributed by atoms with E-state index in [4.69, 9.17) is 4.74 Å². The molecule has 1 aromatic heterocycles. The fourth-order valence-corrected chi connectivity index (χ4v) is 4.32. The first-order valence-electron chi connectivity index (χ1n) is 9.05. The van der Waals surface area contributed by atoms with Crippen LogP contribution in [0.1, 0.15) is 32.8 Å². The number of carbonyl (C=O) groups excluding carboxylic acids is 3. The smallest absolute Gasteiger partial charge is 0.341 e. The van der Waals surface area contributed by atoms with Gasteiger partial charge >= 0.3 is 17.8 Å². The minimum absolute atomic E-state index is 0.338. The fourth-order valence-electron chi connectivity index (χ4n) is 3.04. The van der Waals surface area contributed by atoms with Crippen LogP contribution in [-0.2, 0) is 27.2 Å². The van der Waals surface area contributed by atoms with Crippen LogP contribution in [0.2, 0.25) is 0 Å². The summed E-state index contributed by atoms with van der Waals surface area (Å²) in [6.45, 7) is 0. The van der Waals surface area contributed by atoms with Crippen LogP contribution in [0.25, 0.3) is 0 Å². The number of thiophene rings is 1. The molecule has 0 bridgehead atoms. The number of amides is 2. The van der Waals surface area contributed by atoms with Gasteiger partial charge in [-0.3, -0.25) is 9.59 Å². The number of anilines is 2. The Kier molecular flexibility index (Phi) is 6.28. The first-order valence-corrected chi connectivity index (χ1v) is 9.87. The zero-order valence-electron chi connectivity index (χ0n) is 16.4. The number of hydrogen-bond donors (Lipinski definition) is 2. The molecule has 1 aliphatic rings. The Hall–Kier alpha value is -3.20. The second-order valence-electron chi connectivity index (χ2n) is 6.69. The number of aryl methyl sites for hydroxylation is 1. The third-order valence-corrected chi connectivity index (χ3v) is 5.74. The first-order chi connectivity index (χ1) is 13.9. The summed E-state index contributed by atoms with van der Waals surface area (Å²) in [6, 6.07) is 7.53. The van der Waals surface area contributed by atoms with Crippen molar-refractivity contribution in [2.24, 2.45) is 5.10 Å². The van der Waals surface area contributed by atoms with Gasteiger partial charge in [-0.25, -0.2) is 10.2 Å². The van der Waals surface area contributed by atoms with Gasteiger partial charge in [-0.05, 0) is 42.5 Å². The predicted octanol–water partition coefficient (Wildman–Crippen LogP) is 2.18. The Bertz CT molecular complexity index is 964. The number of rotatable bonds is 5. The highest BCUT2D eigenvalue weighted by Crippen LogP contribution is 2.39. The summed E-state index contributed by atoms with van der Waals surface area (Å²) in [5.41, 5.74) is 5.25. The fraction of sp³-hybridized carbons (Fsp3) is 0.300. The lowest BCUT2D eigenvalue weighted by molar-refractivity contribution is -0.136. The second-order valence-corrected chi connectivity index (χ2v) is 7.80. The summed E-state index contributed by atoms with van der Waals surface area (Å²) >= 11 is 1.31. The van der Waals surface area contributed by atoms with Crippen molar-refractivity contribution in [3.8, 4) is 0 Å². The van der Waals surface area contributed by atoms with E-state index >= 15 is 0 Å². The van der Waals surface area contributed by atoms with Gasteiger partial charge in [0.05, 0.1) is 18.9 Å². The molecule has 0 fully saturated rings. The normalized spacial score (nSPS) is 12.5. The van der Waals surface area contributed by atoms with Crippen LogP contribution in [0.15, 0.2) is 29.4 Å². The third-order valence-electron chi connectivity index (χ3n) is 4.53. The highest BCUT2D eigenvalue weighted by molar-refractivity contribution is 7.17. The van der Waals surface area contributed by atoms with Crippen LogP contribution in [0.4, 0.5) is 10.7 Å². The van der Waals surface area contributed by atoms with Crippen LogP contribution in [0.3, 0.4) is 0 Å². The van der Waals surface area contributed by atoms with Gasteiger partial charge in [0.1, 0.15) is 5.00 Å². The lowest BCUT2D eigenvalue weighted by Gasteiger charge is -2.11. The number of benzene rings is 1. The highest BCUT2D eigenvalue weighted by Gasteiger charge is 2.29. The Balaban J connectivity index is 1.63. The van der Waals surface area contributed by atoms with Crippen LogP contribution < -0.4 is 15.6 Å². The molecule has 0 atom stereocenters. The van der Waals surface area contributed by atoms with Gasteiger partial charge in [0.15, 0.2) is 0 Å². The van der Waals surface area contributed by atoms with E-state index < -0.39 is 17.8 Å². The van der Waals surface area contributed by atoms with Crippen molar-refractivity contribution in [1.82, 2.24) is 5.43 Å². The van der Waals surface area contributed by atoms with Gasteiger partial charge in [0.25, 0.3) is 0 Å². The van der Waals surface area contributed by atoms with E-state index in [0.717, 1.165) is 41.0 Å². The molecule has 0 saturated heterocycles. The van der Waals surface area contributed by atoms with Crippen LogP contribution in [0, 0.1) is 0 Å². The minimum Gasteiger partial charge on any atom is -0.465 e. The summed E-state index contributed by atoms with van der Waals surface area (Å²) in [5.74, 6) is -2.33.